The summed E-state index contributed by atoms with van der Waals surface area (Å²) in [5, 5.41) is 10.7. The van der Waals surface area contributed by atoms with Crippen LogP contribution >= 0.6 is 11.6 Å². The molecule has 10 heteroatoms. The number of nitrogens with zero attached hydrogens (tertiary/aromatic N) is 3. The van der Waals surface area contributed by atoms with Gasteiger partial charge in [0.1, 0.15) is 6.04 Å². The first-order chi connectivity index (χ1) is 12.9. The molecule has 0 saturated carbocycles. The fraction of sp³-hybridized carbons (Fsp3) is 0.471. The summed E-state index contributed by atoms with van der Waals surface area (Å²) in [6.45, 7) is 0.552. The van der Waals surface area contributed by atoms with Gasteiger partial charge < -0.3 is 25.4 Å². The van der Waals surface area contributed by atoms with Gasteiger partial charge in [-0.1, -0.05) is 29.8 Å². The number of piperazine rings is 1. The minimum atomic E-state index is -1.03. The molecule has 3 N–H and O–H groups in total. The number of rotatable bonds is 6. The first kappa shape index (κ1) is 19.4. The number of amides is 5. The highest BCUT2D eigenvalue weighted by Crippen LogP contribution is 2.22. The molecule has 1 aromatic carbocycles. The zero-order valence-electron chi connectivity index (χ0n) is 14.6. The van der Waals surface area contributed by atoms with Gasteiger partial charge in [0.05, 0.1) is 32.4 Å². The predicted molar refractivity (Wildman–Crippen MR) is 95.9 cm³/mol. The van der Waals surface area contributed by atoms with Crippen LogP contribution in [0.25, 0.3) is 0 Å². The molecule has 0 aliphatic carbocycles. The van der Waals surface area contributed by atoms with Crippen molar-refractivity contribution in [1.82, 2.24) is 14.7 Å². The lowest BCUT2D eigenvalue weighted by Crippen LogP contribution is -2.55. The number of fused-ring (bicyclic) bond motifs is 1. The molecule has 2 saturated heterocycles. The summed E-state index contributed by atoms with van der Waals surface area (Å²) in [4.78, 5) is 40.0. The van der Waals surface area contributed by atoms with Gasteiger partial charge in [-0.05, 0) is 11.6 Å². The number of imide groups is 1. The number of nitrogens with two attached hydrogens (primary N) is 1. The highest BCUT2D eigenvalue weighted by atomic mass is 35.5. The zero-order chi connectivity index (χ0) is 19.6. The number of halogens is 1. The number of aliphatic hydroxyl groups is 1. The van der Waals surface area contributed by atoms with Crippen LogP contribution in [0.1, 0.15) is 5.56 Å². The lowest BCUT2D eigenvalue weighted by molar-refractivity contribution is -0.130. The number of benzene rings is 1. The van der Waals surface area contributed by atoms with Crippen LogP contribution in [0.4, 0.5) is 9.59 Å². The van der Waals surface area contributed by atoms with Crippen molar-refractivity contribution in [3.63, 3.8) is 0 Å². The van der Waals surface area contributed by atoms with Crippen LogP contribution in [-0.4, -0.2) is 82.7 Å². The van der Waals surface area contributed by atoms with Gasteiger partial charge in [0, 0.05) is 18.1 Å². The number of ether oxygens (including phenoxy) is 1. The molecule has 0 bridgehead atoms. The maximum Gasteiger partial charge on any atom is 0.327 e. The Morgan fingerprint density at radius 3 is 2.78 bits per heavy atom. The molecule has 146 valence electrons. The van der Waals surface area contributed by atoms with E-state index in [0.717, 1.165) is 10.5 Å². The summed E-state index contributed by atoms with van der Waals surface area (Å²) in [7, 11) is 0. The van der Waals surface area contributed by atoms with E-state index in [1.54, 1.807) is 12.1 Å². The van der Waals surface area contributed by atoms with Crippen molar-refractivity contribution in [3.05, 3.63) is 34.9 Å². The standard InChI is InChI=1S/C17H21ClN4O5/c18-13-4-2-1-3-11(13)9-27-10-12(23)7-22-15(24)14-8-20(16(19)25)5-6-21(14)17(22)26/h1-4,12,14,23H,5-10H2,(H2,19,25)/t12-,14+/m1/s1. The summed E-state index contributed by atoms with van der Waals surface area (Å²) in [6.07, 6.45) is -1.03. The van der Waals surface area contributed by atoms with E-state index in [-0.39, 0.29) is 39.4 Å². The van der Waals surface area contributed by atoms with E-state index in [0.29, 0.717) is 5.02 Å². The van der Waals surface area contributed by atoms with Crippen LogP contribution in [0.2, 0.25) is 5.02 Å². The van der Waals surface area contributed by atoms with Crippen molar-refractivity contribution in [2.45, 2.75) is 18.8 Å². The average molecular weight is 397 g/mol. The molecule has 2 aliphatic rings. The zero-order valence-corrected chi connectivity index (χ0v) is 15.3. The molecule has 27 heavy (non-hydrogen) atoms. The molecule has 2 heterocycles. The normalized spacial score (nSPS) is 20.8. The number of β-amino-alcohol motifs (C(OH)–C–C–N with tert-alkyl or cyclic N) is 1. The number of aliphatic hydroxyl groups excluding tert-OH is 1. The van der Waals surface area contributed by atoms with Gasteiger partial charge in [0.25, 0.3) is 5.91 Å². The van der Waals surface area contributed by atoms with Crippen LogP contribution in [0, 0.1) is 0 Å². The molecule has 0 spiro atoms. The van der Waals surface area contributed by atoms with Crippen LogP contribution in [0.5, 0.6) is 0 Å². The summed E-state index contributed by atoms with van der Waals surface area (Å²) < 4.78 is 5.44. The Kier molecular flexibility index (Phi) is 5.83. The van der Waals surface area contributed by atoms with Crippen LogP contribution in [0.3, 0.4) is 0 Å². The van der Waals surface area contributed by atoms with Crippen LogP contribution < -0.4 is 5.73 Å². The van der Waals surface area contributed by atoms with E-state index in [1.165, 1.54) is 9.80 Å². The minimum absolute atomic E-state index is 0.0552. The van der Waals surface area contributed by atoms with Crippen LogP contribution in [0.15, 0.2) is 24.3 Å². The fourth-order valence-corrected chi connectivity index (χ4v) is 3.39. The molecule has 0 radical (unpaired) electrons. The van der Waals surface area contributed by atoms with Crippen molar-refractivity contribution < 1.29 is 24.2 Å². The molecule has 2 aliphatic heterocycles. The lowest BCUT2D eigenvalue weighted by Gasteiger charge is -2.34. The van der Waals surface area contributed by atoms with Gasteiger partial charge in [-0.25, -0.2) is 9.59 Å². The van der Waals surface area contributed by atoms with Gasteiger partial charge >= 0.3 is 12.1 Å². The maximum absolute atomic E-state index is 12.5. The Balaban J connectivity index is 1.52. The van der Waals surface area contributed by atoms with Crippen LogP contribution in [-0.2, 0) is 16.1 Å². The summed E-state index contributed by atoms with van der Waals surface area (Å²) in [5.74, 6) is -0.448. The second-order valence-electron chi connectivity index (χ2n) is 6.49. The summed E-state index contributed by atoms with van der Waals surface area (Å²) >= 11 is 6.04. The molecule has 1 aromatic rings. The topological polar surface area (TPSA) is 116 Å². The van der Waals surface area contributed by atoms with E-state index in [4.69, 9.17) is 22.1 Å². The van der Waals surface area contributed by atoms with Gasteiger partial charge in [-0.15, -0.1) is 0 Å². The fourth-order valence-electron chi connectivity index (χ4n) is 3.20. The maximum atomic E-state index is 12.5. The second-order valence-corrected chi connectivity index (χ2v) is 6.89. The van der Waals surface area contributed by atoms with Gasteiger partial charge in [0.2, 0.25) is 0 Å². The summed E-state index contributed by atoms with van der Waals surface area (Å²) in [6, 6.07) is 5.33. The SMILES string of the molecule is NC(=O)N1CCN2C(=O)N(C[C@@H](O)COCc3ccccc3Cl)C(=O)[C@@H]2C1. The number of hydrogen-bond acceptors (Lipinski definition) is 5. The quantitative estimate of drug-likeness (QED) is 0.668. The molecule has 0 unspecified atom stereocenters. The number of carbonyl (C=O) groups excluding carboxylic acids is 3. The second kappa shape index (κ2) is 8.12. The molecular formula is C17H21ClN4O5. The third-order valence-electron chi connectivity index (χ3n) is 4.64. The Morgan fingerprint density at radius 1 is 1.33 bits per heavy atom. The highest BCUT2D eigenvalue weighted by molar-refractivity contribution is 6.31. The molecule has 2 fully saturated rings. The predicted octanol–water partition coefficient (Wildman–Crippen LogP) is 0.245. The van der Waals surface area contributed by atoms with E-state index in [2.05, 4.69) is 0 Å². The molecule has 3 rings (SSSR count). The summed E-state index contributed by atoms with van der Waals surface area (Å²) in [5.41, 5.74) is 6.03. The number of urea groups is 2. The van der Waals surface area contributed by atoms with E-state index in [9.17, 15) is 19.5 Å². The average Bonchev–Trinajstić information content (AvgIpc) is 2.88. The molecular weight excluding hydrogens is 376 g/mol. The van der Waals surface area contributed by atoms with Gasteiger partial charge in [-0.2, -0.15) is 0 Å². The monoisotopic (exact) mass is 396 g/mol. The number of carbonyl (C=O) groups is 3. The molecule has 0 aromatic heterocycles. The first-order valence-corrected chi connectivity index (χ1v) is 8.92. The van der Waals surface area contributed by atoms with E-state index in [1.807, 2.05) is 12.1 Å². The Morgan fingerprint density at radius 2 is 2.07 bits per heavy atom. The highest BCUT2D eigenvalue weighted by Gasteiger charge is 2.48. The van der Waals surface area contributed by atoms with Crippen molar-refractivity contribution >= 4 is 29.6 Å². The molecule has 2 atom stereocenters. The smallest absolute Gasteiger partial charge is 0.327 e. The van der Waals surface area contributed by atoms with Crippen molar-refractivity contribution in [2.24, 2.45) is 5.73 Å². The van der Waals surface area contributed by atoms with Gasteiger partial charge in [0.15, 0.2) is 0 Å². The number of hydrogen-bond donors (Lipinski definition) is 2. The minimum Gasteiger partial charge on any atom is -0.389 e. The van der Waals surface area contributed by atoms with E-state index < -0.39 is 30.1 Å². The third-order valence-corrected chi connectivity index (χ3v) is 5.01. The first-order valence-electron chi connectivity index (χ1n) is 8.54. The Bertz CT molecular complexity index is 746. The van der Waals surface area contributed by atoms with Crippen molar-refractivity contribution in [2.75, 3.05) is 32.8 Å². The Hall–Kier alpha value is -2.36. The van der Waals surface area contributed by atoms with Crippen molar-refractivity contribution in [1.29, 1.82) is 0 Å². The number of primary amides is 1. The molecule has 5 amide bonds. The largest absolute Gasteiger partial charge is 0.389 e. The Labute approximate surface area is 161 Å². The van der Waals surface area contributed by atoms with E-state index >= 15 is 0 Å². The van der Waals surface area contributed by atoms with Crippen molar-refractivity contribution in [3.8, 4) is 0 Å². The molecule has 9 nitrogen and oxygen atoms in total. The lowest BCUT2D eigenvalue weighted by atomic mass is 10.2. The third kappa shape index (κ3) is 4.15. The van der Waals surface area contributed by atoms with Gasteiger partial charge in [-0.3, -0.25) is 9.69 Å².